The van der Waals surface area contributed by atoms with Gasteiger partial charge in [-0.1, -0.05) is 0 Å². The van der Waals surface area contributed by atoms with Gasteiger partial charge in [0.05, 0.1) is 19.5 Å². The zero-order chi connectivity index (χ0) is 19.3. The van der Waals surface area contributed by atoms with Gasteiger partial charge < -0.3 is 20.1 Å². The first-order valence-corrected chi connectivity index (χ1v) is 11.1. The highest BCUT2D eigenvalue weighted by Crippen LogP contribution is 2.32. The third kappa shape index (κ3) is 5.49. The van der Waals surface area contributed by atoms with Crippen molar-refractivity contribution < 1.29 is 17.9 Å². The van der Waals surface area contributed by atoms with Crippen molar-refractivity contribution in [3.63, 3.8) is 0 Å². The highest BCUT2D eigenvalue weighted by Gasteiger charge is 2.24. The molecule has 0 spiro atoms. The molecule has 0 amide bonds. The van der Waals surface area contributed by atoms with Gasteiger partial charge in [-0.25, -0.2) is 12.7 Å². The minimum absolute atomic E-state index is 0.422. The largest absolute Gasteiger partial charge is 0.490 e. The van der Waals surface area contributed by atoms with E-state index in [0.29, 0.717) is 38.2 Å². The van der Waals surface area contributed by atoms with Crippen LogP contribution in [0, 0.1) is 5.92 Å². The molecule has 8 nitrogen and oxygen atoms in total. The summed E-state index contributed by atoms with van der Waals surface area (Å²) in [6, 6.07) is 5.75. The van der Waals surface area contributed by atoms with Crippen LogP contribution in [-0.4, -0.2) is 64.8 Å². The van der Waals surface area contributed by atoms with Crippen LogP contribution in [-0.2, 0) is 10.0 Å². The van der Waals surface area contributed by atoms with Gasteiger partial charge in [0, 0.05) is 44.9 Å². The van der Waals surface area contributed by atoms with E-state index in [4.69, 9.17) is 9.47 Å². The summed E-state index contributed by atoms with van der Waals surface area (Å²) in [5, 5.41) is 6.60. The molecule has 3 rings (SSSR count). The van der Waals surface area contributed by atoms with Crippen LogP contribution < -0.4 is 20.1 Å². The molecule has 0 aliphatic carbocycles. The Morgan fingerprint density at radius 1 is 1.22 bits per heavy atom. The van der Waals surface area contributed by atoms with Gasteiger partial charge in [-0.15, -0.1) is 0 Å². The molecular formula is C18H28N4O4S. The number of nitrogens with one attached hydrogen (secondary N) is 2. The molecule has 0 unspecified atom stereocenters. The molecule has 2 aliphatic rings. The molecule has 1 fully saturated rings. The summed E-state index contributed by atoms with van der Waals surface area (Å²) < 4.78 is 36.1. The van der Waals surface area contributed by atoms with E-state index in [-0.39, 0.29) is 0 Å². The molecule has 2 N–H and O–H groups in total. The molecule has 0 aromatic heterocycles. The van der Waals surface area contributed by atoms with Crippen molar-refractivity contribution in [2.24, 2.45) is 10.9 Å². The highest BCUT2D eigenvalue weighted by molar-refractivity contribution is 7.88. The van der Waals surface area contributed by atoms with Crippen molar-refractivity contribution in [1.82, 2.24) is 9.62 Å². The standard InChI is InChI=1S/C18H28N4O4S/c1-19-18(20-13-14-6-8-22(9-7-14)27(2,23)24)21-15-4-5-16-17(12-15)26-11-3-10-25-16/h4-5,12,14H,3,6-11,13H2,1-2H3,(H2,19,20,21). The van der Waals surface area contributed by atoms with Gasteiger partial charge in [0.25, 0.3) is 0 Å². The van der Waals surface area contributed by atoms with Crippen molar-refractivity contribution in [2.75, 3.05) is 51.5 Å². The maximum atomic E-state index is 11.6. The normalized spacial score (nSPS) is 19.4. The molecular weight excluding hydrogens is 368 g/mol. The Morgan fingerprint density at radius 2 is 1.93 bits per heavy atom. The predicted octanol–water partition coefficient (Wildman–Crippen LogP) is 1.51. The van der Waals surface area contributed by atoms with E-state index in [2.05, 4.69) is 15.6 Å². The molecule has 2 heterocycles. The van der Waals surface area contributed by atoms with Gasteiger partial charge >= 0.3 is 0 Å². The first-order chi connectivity index (χ1) is 13.0. The lowest BCUT2D eigenvalue weighted by Gasteiger charge is -2.30. The number of rotatable bonds is 4. The minimum Gasteiger partial charge on any atom is -0.490 e. The van der Waals surface area contributed by atoms with Gasteiger partial charge in [-0.3, -0.25) is 4.99 Å². The number of aliphatic imine (C=N–C) groups is 1. The highest BCUT2D eigenvalue weighted by atomic mass is 32.2. The Kier molecular flexibility index (Phi) is 6.43. The topological polar surface area (TPSA) is 92.3 Å². The molecule has 1 saturated heterocycles. The maximum absolute atomic E-state index is 11.6. The zero-order valence-electron chi connectivity index (χ0n) is 15.9. The molecule has 1 aromatic rings. The Labute approximate surface area is 161 Å². The van der Waals surface area contributed by atoms with Crippen molar-refractivity contribution in [2.45, 2.75) is 19.3 Å². The van der Waals surface area contributed by atoms with Crippen molar-refractivity contribution in [3.05, 3.63) is 18.2 Å². The van der Waals surface area contributed by atoms with Crippen LogP contribution in [0.2, 0.25) is 0 Å². The third-order valence-electron chi connectivity index (χ3n) is 4.83. The average Bonchev–Trinajstić information content (AvgIpc) is 2.89. The van der Waals surface area contributed by atoms with Gasteiger partial charge in [0.1, 0.15) is 0 Å². The number of anilines is 1. The van der Waals surface area contributed by atoms with Crippen LogP contribution in [0.25, 0.3) is 0 Å². The predicted molar refractivity (Wildman–Crippen MR) is 106 cm³/mol. The van der Waals surface area contributed by atoms with E-state index in [1.165, 1.54) is 6.26 Å². The Bertz CT molecular complexity index is 774. The molecule has 0 bridgehead atoms. The van der Waals surface area contributed by atoms with Crippen molar-refractivity contribution in [1.29, 1.82) is 0 Å². The van der Waals surface area contributed by atoms with E-state index in [0.717, 1.165) is 43.0 Å². The van der Waals surface area contributed by atoms with Gasteiger partial charge in [-0.05, 0) is 30.9 Å². The number of guanidine groups is 1. The first kappa shape index (κ1) is 19.8. The van der Waals surface area contributed by atoms with E-state index in [1.807, 2.05) is 18.2 Å². The van der Waals surface area contributed by atoms with Crippen LogP contribution in [0.4, 0.5) is 5.69 Å². The lowest BCUT2D eigenvalue weighted by atomic mass is 9.98. The fourth-order valence-electron chi connectivity index (χ4n) is 3.24. The molecule has 150 valence electrons. The number of fused-ring (bicyclic) bond motifs is 1. The maximum Gasteiger partial charge on any atom is 0.211 e. The van der Waals surface area contributed by atoms with Crippen LogP contribution >= 0.6 is 0 Å². The van der Waals surface area contributed by atoms with E-state index in [1.54, 1.807) is 11.4 Å². The van der Waals surface area contributed by atoms with Crippen LogP contribution in [0.5, 0.6) is 11.5 Å². The molecule has 0 atom stereocenters. The second kappa shape index (κ2) is 8.79. The SMILES string of the molecule is CN=C(NCC1CCN(S(C)(=O)=O)CC1)Nc1ccc2c(c1)OCCCO2. The lowest BCUT2D eigenvalue weighted by molar-refractivity contribution is 0.275. The molecule has 1 aromatic carbocycles. The minimum atomic E-state index is -3.08. The van der Waals surface area contributed by atoms with Crippen LogP contribution in [0.15, 0.2) is 23.2 Å². The van der Waals surface area contributed by atoms with Crippen molar-refractivity contribution in [3.8, 4) is 11.5 Å². The van der Waals surface area contributed by atoms with E-state index >= 15 is 0 Å². The quantitative estimate of drug-likeness (QED) is 0.592. The lowest BCUT2D eigenvalue weighted by Crippen LogP contribution is -2.42. The Hall–Kier alpha value is -2.00. The summed E-state index contributed by atoms with van der Waals surface area (Å²) in [6.07, 6.45) is 3.84. The summed E-state index contributed by atoms with van der Waals surface area (Å²) in [5.74, 6) is 2.60. The smallest absolute Gasteiger partial charge is 0.211 e. The third-order valence-corrected chi connectivity index (χ3v) is 6.14. The number of benzene rings is 1. The summed E-state index contributed by atoms with van der Waals surface area (Å²) in [6.45, 7) is 3.23. The molecule has 2 aliphatic heterocycles. The van der Waals surface area contributed by atoms with E-state index in [9.17, 15) is 8.42 Å². The number of hydrogen-bond acceptors (Lipinski definition) is 5. The molecule has 0 radical (unpaired) electrons. The van der Waals surface area contributed by atoms with E-state index < -0.39 is 10.0 Å². The fourth-order valence-corrected chi connectivity index (χ4v) is 4.12. The number of ether oxygens (including phenoxy) is 2. The Morgan fingerprint density at radius 3 is 2.59 bits per heavy atom. The number of hydrogen-bond donors (Lipinski definition) is 2. The fraction of sp³-hybridized carbons (Fsp3) is 0.611. The number of nitrogens with zero attached hydrogens (tertiary/aromatic N) is 2. The van der Waals surface area contributed by atoms with Gasteiger partial charge in [0.2, 0.25) is 10.0 Å². The molecule has 9 heteroatoms. The van der Waals surface area contributed by atoms with Crippen LogP contribution in [0.1, 0.15) is 19.3 Å². The average molecular weight is 397 g/mol. The van der Waals surface area contributed by atoms with Crippen molar-refractivity contribution >= 4 is 21.7 Å². The van der Waals surface area contributed by atoms with Gasteiger partial charge in [-0.2, -0.15) is 0 Å². The summed E-state index contributed by atoms with van der Waals surface area (Å²) in [4.78, 5) is 4.27. The second-order valence-corrected chi connectivity index (χ2v) is 8.88. The number of piperidine rings is 1. The summed E-state index contributed by atoms with van der Waals surface area (Å²) in [7, 11) is -1.35. The molecule has 27 heavy (non-hydrogen) atoms. The summed E-state index contributed by atoms with van der Waals surface area (Å²) in [5.41, 5.74) is 0.874. The Balaban J connectivity index is 1.51. The number of sulfonamides is 1. The van der Waals surface area contributed by atoms with Crippen LogP contribution in [0.3, 0.4) is 0 Å². The van der Waals surface area contributed by atoms with Gasteiger partial charge in [0.15, 0.2) is 17.5 Å². The molecule has 0 saturated carbocycles. The first-order valence-electron chi connectivity index (χ1n) is 9.28. The second-order valence-electron chi connectivity index (χ2n) is 6.90. The summed E-state index contributed by atoms with van der Waals surface area (Å²) >= 11 is 0. The zero-order valence-corrected chi connectivity index (χ0v) is 16.7. The monoisotopic (exact) mass is 396 g/mol.